The predicted molar refractivity (Wildman–Crippen MR) is 96.6 cm³/mol. The first kappa shape index (κ1) is 16.4. The van der Waals surface area contributed by atoms with Crippen LogP contribution in [0.25, 0.3) is 11.0 Å². The van der Waals surface area contributed by atoms with Gasteiger partial charge in [-0.1, -0.05) is 6.07 Å². The second-order valence-corrected chi connectivity index (χ2v) is 6.37. The van der Waals surface area contributed by atoms with Crippen molar-refractivity contribution in [1.29, 1.82) is 0 Å². The molecule has 1 heterocycles. The summed E-state index contributed by atoms with van der Waals surface area (Å²) in [5.41, 5.74) is 3.66. The van der Waals surface area contributed by atoms with Gasteiger partial charge in [0.2, 0.25) is 0 Å². The lowest BCUT2D eigenvalue weighted by Gasteiger charge is -2.09. The van der Waals surface area contributed by atoms with E-state index in [4.69, 9.17) is 13.9 Å². The fraction of sp³-hybridized carbons (Fsp3) is 0.238. The van der Waals surface area contributed by atoms with Crippen LogP contribution in [0.2, 0.25) is 0 Å². The van der Waals surface area contributed by atoms with Crippen molar-refractivity contribution in [3.8, 4) is 5.75 Å². The Hall–Kier alpha value is -3.08. The first-order chi connectivity index (χ1) is 12.6. The highest BCUT2D eigenvalue weighted by atomic mass is 16.5. The molecule has 0 saturated heterocycles. The topological polar surface area (TPSA) is 65.7 Å². The minimum absolute atomic E-state index is 0.0108. The van der Waals surface area contributed by atoms with Crippen LogP contribution in [0.3, 0.4) is 0 Å². The number of esters is 1. The predicted octanol–water partition coefficient (Wildman–Crippen LogP) is 3.65. The Bertz CT molecular complexity index is 1050. The Morgan fingerprint density at radius 2 is 1.92 bits per heavy atom. The first-order valence-electron chi connectivity index (χ1n) is 8.54. The van der Waals surface area contributed by atoms with Gasteiger partial charge in [0, 0.05) is 17.0 Å². The number of hydrogen-bond acceptors (Lipinski definition) is 5. The molecular formula is C21H18O5. The molecule has 26 heavy (non-hydrogen) atoms. The molecule has 0 atom stereocenters. The van der Waals surface area contributed by atoms with Gasteiger partial charge in [-0.3, -0.25) is 0 Å². The van der Waals surface area contributed by atoms with E-state index in [1.807, 2.05) is 6.07 Å². The van der Waals surface area contributed by atoms with Crippen LogP contribution >= 0.6 is 0 Å². The monoisotopic (exact) mass is 350 g/mol. The second kappa shape index (κ2) is 6.67. The minimum atomic E-state index is -0.466. The van der Waals surface area contributed by atoms with Crippen LogP contribution < -0.4 is 10.4 Å². The van der Waals surface area contributed by atoms with Gasteiger partial charge >= 0.3 is 11.6 Å². The van der Waals surface area contributed by atoms with Crippen LogP contribution in [0.1, 0.15) is 33.5 Å². The zero-order valence-corrected chi connectivity index (χ0v) is 14.4. The fourth-order valence-electron chi connectivity index (χ4n) is 3.39. The average Bonchev–Trinajstić information content (AvgIpc) is 3.11. The molecule has 1 aliphatic carbocycles. The van der Waals surface area contributed by atoms with E-state index in [-0.39, 0.29) is 6.61 Å². The van der Waals surface area contributed by atoms with Gasteiger partial charge in [0.25, 0.3) is 0 Å². The van der Waals surface area contributed by atoms with Gasteiger partial charge < -0.3 is 13.9 Å². The largest absolute Gasteiger partial charge is 0.497 e. The zero-order valence-electron chi connectivity index (χ0n) is 14.4. The van der Waals surface area contributed by atoms with E-state index in [9.17, 15) is 9.59 Å². The Kier molecular flexibility index (Phi) is 4.21. The van der Waals surface area contributed by atoms with Crippen LogP contribution in [-0.4, -0.2) is 13.1 Å². The van der Waals surface area contributed by atoms with Gasteiger partial charge in [0.05, 0.1) is 12.7 Å². The average molecular weight is 350 g/mol. The fourth-order valence-corrected chi connectivity index (χ4v) is 3.39. The van der Waals surface area contributed by atoms with Crippen LogP contribution in [0, 0.1) is 0 Å². The number of methoxy groups -OCH3 is 1. The summed E-state index contributed by atoms with van der Waals surface area (Å²) in [4.78, 5) is 24.2. The van der Waals surface area contributed by atoms with Gasteiger partial charge in [-0.15, -0.1) is 0 Å². The number of rotatable bonds is 4. The number of hydrogen-bond donors (Lipinski definition) is 0. The molecule has 0 N–H and O–H groups in total. The molecule has 0 fully saturated rings. The third-order valence-electron chi connectivity index (χ3n) is 4.71. The Balaban J connectivity index is 1.62. The van der Waals surface area contributed by atoms with Crippen molar-refractivity contribution in [2.75, 3.05) is 7.11 Å². The molecule has 1 aliphatic rings. The molecule has 0 saturated carbocycles. The van der Waals surface area contributed by atoms with E-state index in [0.29, 0.717) is 22.5 Å². The van der Waals surface area contributed by atoms with Crippen molar-refractivity contribution in [2.24, 2.45) is 0 Å². The van der Waals surface area contributed by atoms with Crippen molar-refractivity contribution in [1.82, 2.24) is 0 Å². The van der Waals surface area contributed by atoms with Crippen molar-refractivity contribution < 1.29 is 18.7 Å². The maximum atomic E-state index is 12.3. The van der Waals surface area contributed by atoms with E-state index in [1.165, 1.54) is 24.3 Å². The Morgan fingerprint density at radius 3 is 2.73 bits per heavy atom. The number of carbonyl (C=O) groups is 1. The summed E-state index contributed by atoms with van der Waals surface area (Å²) in [5.74, 6) is 0.118. The lowest BCUT2D eigenvalue weighted by Crippen LogP contribution is -2.08. The molecule has 5 nitrogen and oxygen atoms in total. The van der Waals surface area contributed by atoms with Gasteiger partial charge in [-0.2, -0.15) is 0 Å². The summed E-state index contributed by atoms with van der Waals surface area (Å²) in [7, 11) is 1.54. The maximum absolute atomic E-state index is 12.3. The summed E-state index contributed by atoms with van der Waals surface area (Å²) < 4.78 is 15.9. The quantitative estimate of drug-likeness (QED) is 0.531. The maximum Gasteiger partial charge on any atom is 0.338 e. The van der Waals surface area contributed by atoms with E-state index in [2.05, 4.69) is 6.07 Å². The molecule has 0 unspecified atom stereocenters. The second-order valence-electron chi connectivity index (χ2n) is 6.37. The van der Waals surface area contributed by atoms with E-state index < -0.39 is 11.6 Å². The molecule has 0 radical (unpaired) electrons. The zero-order chi connectivity index (χ0) is 18.1. The number of carbonyl (C=O) groups excluding carboxylic acids is 1. The molecule has 0 aliphatic heterocycles. The lowest BCUT2D eigenvalue weighted by molar-refractivity contribution is 0.0473. The molecule has 0 bridgehead atoms. The van der Waals surface area contributed by atoms with E-state index >= 15 is 0 Å². The molecule has 2 aromatic carbocycles. The first-order valence-corrected chi connectivity index (χ1v) is 8.54. The molecule has 0 spiro atoms. The van der Waals surface area contributed by atoms with E-state index in [0.717, 1.165) is 24.6 Å². The third-order valence-corrected chi connectivity index (χ3v) is 4.71. The van der Waals surface area contributed by atoms with Crippen LogP contribution in [0.5, 0.6) is 5.75 Å². The third kappa shape index (κ3) is 3.08. The van der Waals surface area contributed by atoms with Gasteiger partial charge in [0.1, 0.15) is 17.9 Å². The summed E-state index contributed by atoms with van der Waals surface area (Å²) >= 11 is 0. The van der Waals surface area contributed by atoms with E-state index in [1.54, 1.807) is 24.3 Å². The summed E-state index contributed by atoms with van der Waals surface area (Å²) in [6.07, 6.45) is 3.13. The standard InChI is InChI=1S/C21H18O5/c1-24-17-7-3-6-15(8-17)21(23)25-12-16-11-20(22)26-19-10-14-5-2-4-13(14)9-18(16)19/h3,6-11H,2,4-5,12H2,1H3. The summed E-state index contributed by atoms with van der Waals surface area (Å²) in [6, 6.07) is 12.1. The Morgan fingerprint density at radius 1 is 1.12 bits per heavy atom. The number of aryl methyl sites for hydroxylation is 2. The van der Waals surface area contributed by atoms with Gasteiger partial charge in [-0.05, 0) is 60.7 Å². The van der Waals surface area contributed by atoms with Crippen molar-refractivity contribution in [2.45, 2.75) is 25.9 Å². The minimum Gasteiger partial charge on any atom is -0.497 e. The van der Waals surface area contributed by atoms with Crippen LogP contribution in [0.15, 0.2) is 51.7 Å². The SMILES string of the molecule is COc1cccc(C(=O)OCc2cc(=O)oc3cc4c(cc23)CCC4)c1. The van der Waals surface area contributed by atoms with Gasteiger partial charge in [-0.25, -0.2) is 9.59 Å². The van der Waals surface area contributed by atoms with Crippen LogP contribution in [0.4, 0.5) is 0 Å². The molecular weight excluding hydrogens is 332 g/mol. The normalized spacial score (nSPS) is 12.8. The molecule has 1 aromatic heterocycles. The molecule has 0 amide bonds. The highest BCUT2D eigenvalue weighted by Gasteiger charge is 2.16. The number of benzene rings is 2. The highest BCUT2D eigenvalue weighted by molar-refractivity contribution is 5.90. The lowest BCUT2D eigenvalue weighted by atomic mass is 10.0. The highest BCUT2D eigenvalue weighted by Crippen LogP contribution is 2.29. The number of fused-ring (bicyclic) bond motifs is 2. The van der Waals surface area contributed by atoms with Crippen molar-refractivity contribution in [3.05, 3.63) is 75.1 Å². The molecule has 4 rings (SSSR count). The summed E-state index contributed by atoms with van der Waals surface area (Å²) in [5, 5.41) is 0.823. The Labute approximate surface area is 150 Å². The van der Waals surface area contributed by atoms with Crippen molar-refractivity contribution >= 4 is 16.9 Å². The molecule has 3 aromatic rings. The molecule has 132 valence electrons. The van der Waals surface area contributed by atoms with Crippen molar-refractivity contribution in [3.63, 3.8) is 0 Å². The smallest absolute Gasteiger partial charge is 0.338 e. The van der Waals surface area contributed by atoms with Crippen LogP contribution in [-0.2, 0) is 24.2 Å². The number of ether oxygens (including phenoxy) is 2. The van der Waals surface area contributed by atoms with Gasteiger partial charge in [0.15, 0.2) is 0 Å². The summed E-state index contributed by atoms with van der Waals surface area (Å²) in [6.45, 7) is 0.0108. The molecule has 5 heteroatoms.